The molecule has 0 fully saturated rings. The molecular formula is C21H20F2O6. The van der Waals surface area contributed by atoms with E-state index in [0.29, 0.717) is 16.9 Å². The first-order chi connectivity index (χ1) is 13.8. The normalized spacial score (nSPS) is 10.8. The number of esters is 1. The molecule has 0 aliphatic heterocycles. The van der Waals surface area contributed by atoms with Gasteiger partial charge in [0, 0.05) is 22.8 Å². The lowest BCUT2D eigenvalue weighted by molar-refractivity contribution is -0.138. The lowest BCUT2D eigenvalue weighted by atomic mass is 10.1. The summed E-state index contributed by atoms with van der Waals surface area (Å²) in [6.07, 6.45) is 2.36. The average Bonchev–Trinajstić information content (AvgIpc) is 2.70. The van der Waals surface area contributed by atoms with Crippen LogP contribution in [0, 0.1) is 0 Å². The summed E-state index contributed by atoms with van der Waals surface area (Å²) >= 11 is 0. The van der Waals surface area contributed by atoms with E-state index in [0.717, 1.165) is 6.08 Å². The third-order valence-corrected chi connectivity index (χ3v) is 3.89. The fourth-order valence-corrected chi connectivity index (χ4v) is 2.51. The van der Waals surface area contributed by atoms with Crippen molar-refractivity contribution >= 4 is 17.8 Å². The maximum Gasteiger partial charge on any atom is 0.387 e. The summed E-state index contributed by atoms with van der Waals surface area (Å²) in [4.78, 5) is 23.6. The van der Waals surface area contributed by atoms with Gasteiger partial charge in [-0.25, -0.2) is 4.79 Å². The molecule has 0 bridgehead atoms. The Kier molecular flexibility index (Phi) is 7.70. The van der Waals surface area contributed by atoms with Crippen molar-refractivity contribution in [2.75, 3.05) is 14.2 Å². The summed E-state index contributed by atoms with van der Waals surface area (Å²) in [6.45, 7) is -1.76. The molecule has 0 atom stereocenters. The van der Waals surface area contributed by atoms with Crippen molar-refractivity contribution in [1.29, 1.82) is 0 Å². The zero-order valence-electron chi connectivity index (χ0n) is 16.1. The fraction of sp³-hybridized carbons (Fsp3) is 0.238. The van der Waals surface area contributed by atoms with E-state index in [1.807, 2.05) is 0 Å². The first-order valence-corrected chi connectivity index (χ1v) is 8.50. The van der Waals surface area contributed by atoms with Crippen molar-refractivity contribution in [1.82, 2.24) is 0 Å². The lowest BCUT2D eigenvalue weighted by Gasteiger charge is -2.12. The third-order valence-electron chi connectivity index (χ3n) is 3.89. The van der Waals surface area contributed by atoms with Crippen LogP contribution in [0.3, 0.4) is 0 Å². The number of ether oxygens (including phenoxy) is 4. The first-order valence-electron chi connectivity index (χ1n) is 8.50. The summed E-state index contributed by atoms with van der Waals surface area (Å²) in [7, 11) is 2.78. The molecule has 0 saturated heterocycles. The van der Waals surface area contributed by atoms with Crippen molar-refractivity contribution in [3.05, 3.63) is 59.2 Å². The summed E-state index contributed by atoms with van der Waals surface area (Å²) in [5, 5.41) is 0. The molecule has 6 nitrogen and oxygen atoms in total. The molecule has 0 spiro atoms. The molecule has 0 saturated carbocycles. The number of alkyl halides is 2. The number of rotatable bonds is 9. The molecule has 0 aromatic heterocycles. The van der Waals surface area contributed by atoms with E-state index in [-0.39, 0.29) is 29.5 Å². The molecule has 29 heavy (non-hydrogen) atoms. The van der Waals surface area contributed by atoms with E-state index in [2.05, 4.69) is 4.74 Å². The summed E-state index contributed by atoms with van der Waals surface area (Å²) in [6, 6.07) is 9.32. The van der Waals surface area contributed by atoms with Crippen molar-refractivity contribution in [2.24, 2.45) is 0 Å². The van der Waals surface area contributed by atoms with Gasteiger partial charge in [-0.15, -0.1) is 0 Å². The number of carbonyl (C=O) groups excluding carboxylic acids is 2. The van der Waals surface area contributed by atoms with E-state index >= 15 is 0 Å². The number of carbonyl (C=O) groups is 2. The molecule has 2 aromatic carbocycles. The predicted octanol–water partition coefficient (Wildman–Crippen LogP) is 4.26. The zero-order valence-corrected chi connectivity index (χ0v) is 16.1. The van der Waals surface area contributed by atoms with E-state index in [9.17, 15) is 18.4 Å². The molecule has 8 heteroatoms. The lowest BCUT2D eigenvalue weighted by Crippen LogP contribution is -2.06. The summed E-state index contributed by atoms with van der Waals surface area (Å²) in [5.41, 5.74) is 1.19. The van der Waals surface area contributed by atoms with Crippen LogP contribution < -0.4 is 14.2 Å². The quantitative estimate of drug-likeness (QED) is 0.352. The molecule has 154 valence electrons. The van der Waals surface area contributed by atoms with Crippen molar-refractivity contribution < 1.29 is 37.3 Å². The Balaban J connectivity index is 2.13. The van der Waals surface area contributed by atoms with Crippen LogP contribution in [-0.4, -0.2) is 32.6 Å². The SMILES string of the molecule is COc1ccc(C(C)=O)cc1COC(=O)/C=C/c1cccc(OC)c1OC(F)F. The van der Waals surface area contributed by atoms with E-state index < -0.39 is 12.6 Å². The van der Waals surface area contributed by atoms with Crippen molar-refractivity contribution in [2.45, 2.75) is 20.1 Å². The van der Waals surface area contributed by atoms with E-state index in [1.165, 1.54) is 39.4 Å². The van der Waals surface area contributed by atoms with E-state index in [4.69, 9.17) is 14.2 Å². The number of Topliss-reactive ketones (excluding diaryl/α,β-unsaturated/α-hetero) is 1. The largest absolute Gasteiger partial charge is 0.496 e. The minimum atomic E-state index is -3.05. The Morgan fingerprint density at radius 2 is 1.79 bits per heavy atom. The molecule has 0 N–H and O–H groups in total. The van der Waals surface area contributed by atoms with Gasteiger partial charge in [-0.05, 0) is 37.3 Å². The van der Waals surface area contributed by atoms with E-state index in [1.54, 1.807) is 24.3 Å². The highest BCUT2D eigenvalue weighted by Crippen LogP contribution is 2.33. The average molecular weight is 406 g/mol. The second-order valence-electron chi connectivity index (χ2n) is 5.78. The molecule has 0 aliphatic carbocycles. The fourth-order valence-electron chi connectivity index (χ4n) is 2.51. The second-order valence-corrected chi connectivity index (χ2v) is 5.78. The molecule has 0 amide bonds. The molecule has 0 aliphatic rings. The van der Waals surface area contributed by atoms with Gasteiger partial charge in [-0.2, -0.15) is 8.78 Å². The zero-order chi connectivity index (χ0) is 21.4. The Hall–Kier alpha value is -3.42. The number of hydrogen-bond acceptors (Lipinski definition) is 6. The third kappa shape index (κ3) is 6.03. The smallest absolute Gasteiger partial charge is 0.387 e. The number of benzene rings is 2. The Morgan fingerprint density at radius 1 is 1.07 bits per heavy atom. The number of para-hydroxylation sites is 1. The van der Waals surface area contributed by atoms with Crippen LogP contribution in [0.5, 0.6) is 17.2 Å². The van der Waals surface area contributed by atoms with Gasteiger partial charge in [0.1, 0.15) is 12.4 Å². The van der Waals surface area contributed by atoms with Crippen LogP contribution in [0.25, 0.3) is 6.08 Å². The van der Waals surface area contributed by atoms with Crippen LogP contribution in [0.15, 0.2) is 42.5 Å². The topological polar surface area (TPSA) is 71.1 Å². The van der Waals surface area contributed by atoms with Crippen molar-refractivity contribution in [3.63, 3.8) is 0 Å². The highest BCUT2D eigenvalue weighted by molar-refractivity contribution is 5.94. The van der Waals surface area contributed by atoms with Gasteiger partial charge >= 0.3 is 12.6 Å². The Labute approximate surface area is 166 Å². The molecule has 2 aromatic rings. The molecule has 0 unspecified atom stereocenters. The highest BCUT2D eigenvalue weighted by Gasteiger charge is 2.14. The van der Waals surface area contributed by atoms with Gasteiger partial charge in [-0.1, -0.05) is 12.1 Å². The minimum absolute atomic E-state index is 0.103. The number of ketones is 1. The first kappa shape index (κ1) is 21.9. The maximum atomic E-state index is 12.7. The maximum absolute atomic E-state index is 12.7. The number of halogens is 2. The van der Waals surface area contributed by atoms with Crippen molar-refractivity contribution in [3.8, 4) is 17.2 Å². The Morgan fingerprint density at radius 3 is 2.41 bits per heavy atom. The van der Waals surface area contributed by atoms with Gasteiger partial charge in [0.15, 0.2) is 17.3 Å². The van der Waals surface area contributed by atoms with Crippen LogP contribution in [0.4, 0.5) is 8.78 Å². The minimum Gasteiger partial charge on any atom is -0.496 e. The van der Waals surface area contributed by atoms with Crippen LogP contribution in [0.2, 0.25) is 0 Å². The monoisotopic (exact) mass is 406 g/mol. The van der Waals surface area contributed by atoms with Crippen LogP contribution in [0.1, 0.15) is 28.4 Å². The van der Waals surface area contributed by atoms with Gasteiger partial charge in [0.2, 0.25) is 0 Å². The second kappa shape index (κ2) is 10.2. The van der Waals surface area contributed by atoms with Gasteiger partial charge < -0.3 is 18.9 Å². The van der Waals surface area contributed by atoms with Crippen LogP contribution >= 0.6 is 0 Å². The Bertz CT molecular complexity index is 908. The molecule has 2 rings (SSSR count). The predicted molar refractivity (Wildman–Crippen MR) is 101 cm³/mol. The number of methoxy groups -OCH3 is 2. The molecule has 0 radical (unpaired) electrons. The molecular weight excluding hydrogens is 386 g/mol. The highest BCUT2D eigenvalue weighted by atomic mass is 19.3. The molecule has 0 heterocycles. The summed E-state index contributed by atoms with van der Waals surface area (Å²) in [5.74, 6) is -0.473. The van der Waals surface area contributed by atoms with Gasteiger partial charge in [0.05, 0.1) is 14.2 Å². The van der Waals surface area contributed by atoms with Gasteiger partial charge in [-0.3, -0.25) is 4.79 Å². The standard InChI is InChI=1S/C21H20F2O6/c1-13(24)15-7-9-17(26-2)16(11-15)12-28-19(25)10-8-14-5-4-6-18(27-3)20(14)29-21(22)23/h4-11,21H,12H2,1-3H3/b10-8+. The van der Waals surface area contributed by atoms with Crippen LogP contribution in [-0.2, 0) is 16.1 Å². The van der Waals surface area contributed by atoms with Gasteiger partial charge in [0.25, 0.3) is 0 Å². The number of hydrogen-bond donors (Lipinski definition) is 0. The summed E-state index contributed by atoms with van der Waals surface area (Å²) < 4.78 is 45.2.